The van der Waals surface area contributed by atoms with E-state index in [2.05, 4.69) is 10.2 Å². The fourth-order valence-electron chi connectivity index (χ4n) is 1.70. The van der Waals surface area contributed by atoms with Gasteiger partial charge in [0, 0.05) is 0 Å². The summed E-state index contributed by atoms with van der Waals surface area (Å²) in [6, 6.07) is 7.14. The Labute approximate surface area is 117 Å². The topological polar surface area (TPSA) is 112 Å². The zero-order valence-electron chi connectivity index (χ0n) is 10.5. The first-order chi connectivity index (χ1) is 9.54. The first kappa shape index (κ1) is 13.9. The molecule has 0 fully saturated rings. The molecule has 0 radical (unpaired) electrons. The highest BCUT2D eigenvalue weighted by atomic mass is 32.2. The molecule has 0 unspecified atom stereocenters. The molecule has 0 bridgehead atoms. The van der Waals surface area contributed by atoms with Crippen molar-refractivity contribution in [2.75, 3.05) is 5.75 Å². The zero-order valence-corrected chi connectivity index (χ0v) is 11.3. The van der Waals surface area contributed by atoms with Gasteiger partial charge in [-0.1, -0.05) is 23.9 Å². The first-order valence-corrected chi connectivity index (χ1v) is 6.55. The molecule has 0 spiro atoms. The fraction of sp³-hybridized carbons (Fsp3) is 0.167. The number of carbonyl (C=O) groups is 1. The van der Waals surface area contributed by atoms with Crippen LogP contribution in [0.3, 0.4) is 0 Å². The van der Waals surface area contributed by atoms with Gasteiger partial charge >= 0.3 is 11.7 Å². The van der Waals surface area contributed by atoms with Crippen LogP contribution in [0, 0.1) is 18.3 Å². The third kappa shape index (κ3) is 2.57. The van der Waals surface area contributed by atoms with Crippen LogP contribution in [0.4, 0.5) is 0 Å². The van der Waals surface area contributed by atoms with E-state index in [0.717, 1.165) is 17.3 Å². The maximum atomic E-state index is 11.8. The van der Waals surface area contributed by atoms with Crippen LogP contribution in [0.5, 0.6) is 0 Å². The van der Waals surface area contributed by atoms with Crippen molar-refractivity contribution in [2.24, 2.45) is 0 Å². The van der Waals surface area contributed by atoms with Gasteiger partial charge in [-0.25, -0.2) is 14.5 Å². The average molecular weight is 290 g/mol. The van der Waals surface area contributed by atoms with E-state index >= 15 is 0 Å². The summed E-state index contributed by atoms with van der Waals surface area (Å²) in [5.74, 6) is -1.24. The molecule has 0 atom stereocenters. The van der Waals surface area contributed by atoms with E-state index in [4.69, 9.17) is 5.11 Å². The standard InChI is InChI=1S/C12H10N4O3S/c1-7-3-2-4-9(8(7)5-13)16-11(19)14-15-12(16)20-6-10(17)18/h2-4H,6H2,1H3,(H,14,19)(H,17,18). The number of nitrogens with one attached hydrogen (secondary N) is 1. The predicted octanol–water partition coefficient (Wildman–Crippen LogP) is 0.917. The van der Waals surface area contributed by atoms with Crippen LogP contribution in [0.2, 0.25) is 0 Å². The van der Waals surface area contributed by atoms with Crippen molar-refractivity contribution in [2.45, 2.75) is 12.1 Å². The smallest absolute Gasteiger partial charge is 0.348 e. The third-order valence-electron chi connectivity index (χ3n) is 2.57. The van der Waals surface area contributed by atoms with Crippen LogP contribution in [-0.4, -0.2) is 31.6 Å². The molecule has 0 saturated heterocycles. The zero-order chi connectivity index (χ0) is 14.7. The Morgan fingerprint density at radius 1 is 1.60 bits per heavy atom. The predicted molar refractivity (Wildman–Crippen MR) is 72.0 cm³/mol. The second-order valence-electron chi connectivity index (χ2n) is 3.91. The Kier molecular flexibility index (Phi) is 3.91. The van der Waals surface area contributed by atoms with E-state index in [1.807, 2.05) is 6.07 Å². The third-order valence-corrected chi connectivity index (χ3v) is 3.49. The summed E-state index contributed by atoms with van der Waals surface area (Å²) in [5, 5.41) is 24.1. The Balaban J connectivity index is 2.56. The number of nitrogens with zero attached hydrogens (tertiary/aromatic N) is 3. The molecular weight excluding hydrogens is 280 g/mol. The maximum Gasteiger partial charge on any atom is 0.348 e. The number of carboxylic acids is 1. The molecule has 0 aliphatic carbocycles. The molecule has 2 rings (SSSR count). The van der Waals surface area contributed by atoms with Crippen molar-refractivity contribution in [3.63, 3.8) is 0 Å². The molecule has 7 nitrogen and oxygen atoms in total. The van der Waals surface area contributed by atoms with E-state index in [-0.39, 0.29) is 10.9 Å². The van der Waals surface area contributed by atoms with Crippen molar-refractivity contribution in [3.05, 3.63) is 39.8 Å². The molecule has 0 aliphatic rings. The van der Waals surface area contributed by atoms with E-state index in [1.165, 1.54) is 4.57 Å². The SMILES string of the molecule is Cc1cccc(-n2c(SCC(=O)O)n[nH]c2=O)c1C#N. The molecule has 0 saturated carbocycles. The lowest BCUT2D eigenvalue weighted by molar-refractivity contribution is -0.133. The highest BCUT2D eigenvalue weighted by Crippen LogP contribution is 2.21. The second-order valence-corrected chi connectivity index (χ2v) is 4.85. The molecule has 20 heavy (non-hydrogen) atoms. The highest BCUT2D eigenvalue weighted by molar-refractivity contribution is 7.99. The Hall–Kier alpha value is -2.53. The summed E-state index contributed by atoms with van der Waals surface area (Å²) in [4.78, 5) is 22.4. The van der Waals surface area contributed by atoms with Gasteiger partial charge in [-0.2, -0.15) is 5.26 Å². The van der Waals surface area contributed by atoms with Crippen LogP contribution in [-0.2, 0) is 4.79 Å². The Morgan fingerprint density at radius 2 is 2.35 bits per heavy atom. The van der Waals surface area contributed by atoms with Gasteiger partial charge in [-0.05, 0) is 18.6 Å². The van der Waals surface area contributed by atoms with Crippen LogP contribution < -0.4 is 5.69 Å². The number of thioether (sulfide) groups is 1. The molecule has 0 aliphatic heterocycles. The minimum atomic E-state index is -1.01. The van der Waals surface area contributed by atoms with Crippen LogP contribution in [0.25, 0.3) is 5.69 Å². The lowest BCUT2D eigenvalue weighted by Gasteiger charge is -2.08. The molecule has 2 N–H and O–H groups in total. The number of hydrogen-bond acceptors (Lipinski definition) is 5. The summed E-state index contributed by atoms with van der Waals surface area (Å²) in [6.07, 6.45) is 0. The lowest BCUT2D eigenvalue weighted by atomic mass is 10.1. The maximum absolute atomic E-state index is 11.8. The van der Waals surface area contributed by atoms with Crippen LogP contribution in [0.1, 0.15) is 11.1 Å². The summed E-state index contributed by atoms with van der Waals surface area (Å²) in [7, 11) is 0. The fourth-order valence-corrected chi connectivity index (χ4v) is 2.38. The van der Waals surface area contributed by atoms with E-state index < -0.39 is 11.7 Å². The second kappa shape index (κ2) is 5.63. The van der Waals surface area contributed by atoms with Gasteiger partial charge in [0.05, 0.1) is 17.0 Å². The first-order valence-electron chi connectivity index (χ1n) is 5.56. The largest absolute Gasteiger partial charge is 0.481 e. The molecule has 0 amide bonds. The summed E-state index contributed by atoms with van der Waals surface area (Å²) in [6.45, 7) is 1.76. The molecular formula is C12H10N4O3S. The number of rotatable bonds is 4. The monoisotopic (exact) mass is 290 g/mol. The number of nitriles is 1. The van der Waals surface area contributed by atoms with Gasteiger partial charge in [-0.15, -0.1) is 5.10 Å². The number of hydrogen-bond donors (Lipinski definition) is 2. The van der Waals surface area contributed by atoms with Gasteiger partial charge in [0.15, 0.2) is 5.16 Å². The van der Waals surface area contributed by atoms with Gasteiger partial charge in [0.2, 0.25) is 0 Å². The normalized spacial score (nSPS) is 10.2. The molecule has 1 aromatic carbocycles. The quantitative estimate of drug-likeness (QED) is 0.810. The number of carboxylic acid groups (broad SMARTS) is 1. The molecule has 1 aromatic heterocycles. The lowest BCUT2D eigenvalue weighted by Crippen LogP contribution is -2.17. The number of benzene rings is 1. The number of aliphatic carboxylic acids is 1. The van der Waals surface area contributed by atoms with Crippen molar-refractivity contribution in [1.29, 1.82) is 5.26 Å². The number of aromatic nitrogens is 3. The minimum Gasteiger partial charge on any atom is -0.481 e. The summed E-state index contributed by atoms with van der Waals surface area (Å²) < 4.78 is 1.21. The highest BCUT2D eigenvalue weighted by Gasteiger charge is 2.16. The van der Waals surface area contributed by atoms with Crippen molar-refractivity contribution in [1.82, 2.24) is 14.8 Å². The Bertz CT molecular complexity index is 757. The molecule has 1 heterocycles. The minimum absolute atomic E-state index is 0.208. The Morgan fingerprint density at radius 3 is 3.00 bits per heavy atom. The number of aromatic amines is 1. The van der Waals surface area contributed by atoms with Gasteiger partial charge < -0.3 is 5.11 Å². The molecule has 2 aromatic rings. The van der Waals surface area contributed by atoms with Crippen molar-refractivity contribution in [3.8, 4) is 11.8 Å². The van der Waals surface area contributed by atoms with Crippen molar-refractivity contribution >= 4 is 17.7 Å². The number of H-pyrrole nitrogens is 1. The molecule has 8 heteroatoms. The van der Waals surface area contributed by atoms with Gasteiger partial charge in [0.25, 0.3) is 0 Å². The van der Waals surface area contributed by atoms with Gasteiger partial charge in [-0.3, -0.25) is 4.79 Å². The van der Waals surface area contributed by atoms with Crippen LogP contribution >= 0.6 is 11.8 Å². The summed E-state index contributed by atoms with van der Waals surface area (Å²) >= 11 is 0.908. The van der Waals surface area contributed by atoms with Crippen molar-refractivity contribution < 1.29 is 9.90 Å². The number of aryl methyl sites for hydroxylation is 1. The van der Waals surface area contributed by atoms with Crippen LogP contribution in [0.15, 0.2) is 28.2 Å². The molecule has 102 valence electrons. The van der Waals surface area contributed by atoms with E-state index in [1.54, 1.807) is 25.1 Å². The van der Waals surface area contributed by atoms with E-state index in [0.29, 0.717) is 11.3 Å². The summed E-state index contributed by atoms with van der Waals surface area (Å²) in [5.41, 5.74) is 0.958. The van der Waals surface area contributed by atoms with E-state index in [9.17, 15) is 14.9 Å². The van der Waals surface area contributed by atoms with Gasteiger partial charge in [0.1, 0.15) is 6.07 Å². The average Bonchev–Trinajstić information content (AvgIpc) is 2.77.